The average molecular weight is 228 g/mol. The standard InChI is InChI=1S/C13H28N2O/c1-4-8-13(3,16)11-14-12-6-9-15(5-2)10-7-12/h12,14,16H,4-11H2,1-3H3. The molecule has 0 aromatic carbocycles. The van der Waals surface area contributed by atoms with Crippen molar-refractivity contribution in [2.75, 3.05) is 26.2 Å². The lowest BCUT2D eigenvalue weighted by Gasteiger charge is -2.33. The first-order valence-corrected chi connectivity index (χ1v) is 6.75. The summed E-state index contributed by atoms with van der Waals surface area (Å²) in [6, 6.07) is 0.603. The SMILES string of the molecule is CCCC(C)(O)CNC1CCN(CC)CC1. The summed E-state index contributed by atoms with van der Waals surface area (Å²) in [5.74, 6) is 0. The van der Waals surface area contributed by atoms with E-state index in [-0.39, 0.29) is 0 Å². The van der Waals surface area contributed by atoms with E-state index in [0.29, 0.717) is 6.04 Å². The van der Waals surface area contributed by atoms with E-state index in [1.54, 1.807) is 0 Å². The molecule has 1 atom stereocenters. The smallest absolute Gasteiger partial charge is 0.0743 e. The van der Waals surface area contributed by atoms with Crippen LogP contribution in [0.1, 0.15) is 46.5 Å². The molecule has 0 aromatic heterocycles. The van der Waals surface area contributed by atoms with Gasteiger partial charge in [0.15, 0.2) is 0 Å². The zero-order chi connectivity index (χ0) is 12.0. The summed E-state index contributed by atoms with van der Waals surface area (Å²) in [7, 11) is 0. The van der Waals surface area contributed by atoms with Crippen LogP contribution in [-0.2, 0) is 0 Å². The maximum absolute atomic E-state index is 10.1. The van der Waals surface area contributed by atoms with Gasteiger partial charge in [-0.15, -0.1) is 0 Å². The van der Waals surface area contributed by atoms with E-state index in [1.165, 1.54) is 32.5 Å². The number of nitrogens with zero attached hydrogens (tertiary/aromatic N) is 1. The van der Waals surface area contributed by atoms with Crippen molar-refractivity contribution in [2.24, 2.45) is 0 Å². The molecule has 0 aliphatic carbocycles. The number of hydrogen-bond acceptors (Lipinski definition) is 3. The molecular formula is C13H28N2O. The van der Waals surface area contributed by atoms with Crippen molar-refractivity contribution in [2.45, 2.75) is 58.1 Å². The molecule has 1 unspecified atom stereocenters. The number of aliphatic hydroxyl groups is 1. The van der Waals surface area contributed by atoms with Gasteiger partial charge in [0.2, 0.25) is 0 Å². The van der Waals surface area contributed by atoms with Crippen molar-refractivity contribution in [3.8, 4) is 0 Å². The van der Waals surface area contributed by atoms with Gasteiger partial charge in [0.25, 0.3) is 0 Å². The lowest BCUT2D eigenvalue weighted by Crippen LogP contribution is -2.47. The predicted molar refractivity (Wildman–Crippen MR) is 68.7 cm³/mol. The van der Waals surface area contributed by atoms with E-state index >= 15 is 0 Å². The van der Waals surface area contributed by atoms with Crippen LogP contribution in [0.15, 0.2) is 0 Å². The van der Waals surface area contributed by atoms with Gasteiger partial charge in [-0.2, -0.15) is 0 Å². The molecule has 3 heteroatoms. The van der Waals surface area contributed by atoms with Gasteiger partial charge in [0.1, 0.15) is 0 Å². The van der Waals surface area contributed by atoms with Gasteiger partial charge in [-0.1, -0.05) is 20.3 Å². The van der Waals surface area contributed by atoms with Crippen molar-refractivity contribution in [3.05, 3.63) is 0 Å². The number of nitrogens with one attached hydrogen (secondary N) is 1. The Labute approximate surface area is 100 Å². The predicted octanol–water partition coefficient (Wildman–Crippen LogP) is 1.61. The fraction of sp³-hybridized carbons (Fsp3) is 1.00. The third-order valence-electron chi connectivity index (χ3n) is 3.59. The Morgan fingerprint density at radius 1 is 1.31 bits per heavy atom. The fourth-order valence-electron chi connectivity index (χ4n) is 2.44. The topological polar surface area (TPSA) is 35.5 Å². The summed E-state index contributed by atoms with van der Waals surface area (Å²) in [6.07, 6.45) is 4.36. The van der Waals surface area contributed by atoms with Crippen LogP contribution < -0.4 is 5.32 Å². The molecule has 1 rings (SSSR count). The molecule has 0 aromatic rings. The van der Waals surface area contributed by atoms with Gasteiger partial charge in [-0.3, -0.25) is 0 Å². The maximum atomic E-state index is 10.1. The first kappa shape index (κ1) is 13.9. The average Bonchev–Trinajstić information content (AvgIpc) is 2.27. The van der Waals surface area contributed by atoms with Crippen molar-refractivity contribution in [1.29, 1.82) is 0 Å². The molecule has 2 N–H and O–H groups in total. The third-order valence-corrected chi connectivity index (χ3v) is 3.59. The van der Waals surface area contributed by atoms with Crippen LogP contribution in [0.3, 0.4) is 0 Å². The molecule has 0 spiro atoms. The van der Waals surface area contributed by atoms with Crippen molar-refractivity contribution in [3.63, 3.8) is 0 Å². The molecule has 1 fully saturated rings. The lowest BCUT2D eigenvalue weighted by atomic mass is 9.98. The highest BCUT2D eigenvalue weighted by Gasteiger charge is 2.23. The molecule has 96 valence electrons. The van der Waals surface area contributed by atoms with Crippen LogP contribution in [0.5, 0.6) is 0 Å². The molecule has 3 nitrogen and oxygen atoms in total. The highest BCUT2D eigenvalue weighted by molar-refractivity contribution is 4.81. The van der Waals surface area contributed by atoms with Gasteiger partial charge >= 0.3 is 0 Å². The Bertz CT molecular complexity index is 186. The molecule has 0 radical (unpaired) electrons. The van der Waals surface area contributed by atoms with Crippen molar-refractivity contribution >= 4 is 0 Å². The monoisotopic (exact) mass is 228 g/mol. The second-order valence-corrected chi connectivity index (χ2v) is 5.34. The zero-order valence-electron chi connectivity index (χ0n) is 11.1. The largest absolute Gasteiger partial charge is 0.389 e. The summed E-state index contributed by atoms with van der Waals surface area (Å²) >= 11 is 0. The highest BCUT2D eigenvalue weighted by atomic mass is 16.3. The summed E-state index contributed by atoms with van der Waals surface area (Å²) in [5.41, 5.74) is -0.531. The number of rotatable bonds is 6. The second-order valence-electron chi connectivity index (χ2n) is 5.34. The van der Waals surface area contributed by atoms with E-state index in [4.69, 9.17) is 0 Å². The van der Waals surface area contributed by atoms with E-state index in [0.717, 1.165) is 19.4 Å². The fourth-order valence-corrected chi connectivity index (χ4v) is 2.44. The highest BCUT2D eigenvalue weighted by Crippen LogP contribution is 2.13. The molecule has 0 bridgehead atoms. The summed E-state index contributed by atoms with van der Waals surface area (Å²) in [5, 5.41) is 13.6. The Hall–Kier alpha value is -0.120. The van der Waals surface area contributed by atoms with Crippen LogP contribution in [-0.4, -0.2) is 47.8 Å². The van der Waals surface area contributed by atoms with E-state index in [9.17, 15) is 5.11 Å². The van der Waals surface area contributed by atoms with Gasteiger partial charge in [-0.25, -0.2) is 0 Å². The van der Waals surface area contributed by atoms with Gasteiger partial charge in [0.05, 0.1) is 5.60 Å². The lowest BCUT2D eigenvalue weighted by molar-refractivity contribution is 0.0440. The molecule has 0 amide bonds. The minimum Gasteiger partial charge on any atom is -0.389 e. The van der Waals surface area contributed by atoms with Crippen LogP contribution in [0, 0.1) is 0 Å². The minimum atomic E-state index is -0.531. The van der Waals surface area contributed by atoms with E-state index in [2.05, 4.69) is 24.1 Å². The number of hydrogen-bond donors (Lipinski definition) is 2. The summed E-state index contributed by atoms with van der Waals surface area (Å²) in [4.78, 5) is 2.49. The third kappa shape index (κ3) is 4.81. The zero-order valence-corrected chi connectivity index (χ0v) is 11.1. The van der Waals surface area contributed by atoms with Gasteiger partial charge in [-0.05, 0) is 45.8 Å². The molecule has 16 heavy (non-hydrogen) atoms. The molecule has 1 aliphatic rings. The first-order chi connectivity index (χ1) is 7.57. The Morgan fingerprint density at radius 3 is 2.44 bits per heavy atom. The van der Waals surface area contributed by atoms with Gasteiger partial charge in [0, 0.05) is 12.6 Å². The molecule has 1 saturated heterocycles. The second kappa shape index (κ2) is 6.58. The maximum Gasteiger partial charge on any atom is 0.0743 e. The summed E-state index contributed by atoms with van der Waals surface area (Å²) in [6.45, 7) is 10.6. The van der Waals surface area contributed by atoms with Gasteiger partial charge < -0.3 is 15.3 Å². The molecule has 1 heterocycles. The van der Waals surface area contributed by atoms with Crippen LogP contribution in [0.2, 0.25) is 0 Å². The van der Waals surface area contributed by atoms with E-state index in [1.807, 2.05) is 6.92 Å². The normalized spacial score (nSPS) is 23.2. The Balaban J connectivity index is 2.19. The minimum absolute atomic E-state index is 0.531. The molecule has 0 saturated carbocycles. The van der Waals surface area contributed by atoms with E-state index < -0.39 is 5.60 Å². The first-order valence-electron chi connectivity index (χ1n) is 6.75. The number of piperidine rings is 1. The molecular weight excluding hydrogens is 200 g/mol. The van der Waals surface area contributed by atoms with Crippen LogP contribution in [0.25, 0.3) is 0 Å². The quantitative estimate of drug-likeness (QED) is 0.725. The van der Waals surface area contributed by atoms with Crippen LogP contribution >= 0.6 is 0 Å². The Kier molecular flexibility index (Phi) is 5.73. The summed E-state index contributed by atoms with van der Waals surface area (Å²) < 4.78 is 0. The van der Waals surface area contributed by atoms with Crippen molar-refractivity contribution < 1.29 is 5.11 Å². The van der Waals surface area contributed by atoms with Crippen molar-refractivity contribution in [1.82, 2.24) is 10.2 Å². The molecule has 1 aliphatic heterocycles. The Morgan fingerprint density at radius 2 is 1.94 bits per heavy atom. The van der Waals surface area contributed by atoms with Crippen LogP contribution in [0.4, 0.5) is 0 Å². The number of likely N-dealkylation sites (tertiary alicyclic amines) is 1.